The van der Waals surface area contributed by atoms with Crippen molar-refractivity contribution in [3.8, 4) is 0 Å². The van der Waals surface area contributed by atoms with E-state index in [1.165, 1.54) is 0 Å². The van der Waals surface area contributed by atoms with Crippen molar-refractivity contribution in [3.63, 3.8) is 0 Å². The number of rotatable bonds is 2. The number of aliphatic imine (C=N–C) groups is 1. The first kappa shape index (κ1) is 10.8. The summed E-state index contributed by atoms with van der Waals surface area (Å²) in [6, 6.07) is 0. The maximum Gasteiger partial charge on any atom is 0.242 e. The summed E-state index contributed by atoms with van der Waals surface area (Å²) < 4.78 is 0. The lowest BCUT2D eigenvalue weighted by atomic mass is 10.3. The highest BCUT2D eigenvalue weighted by atomic mass is 16.2. The largest absolute Gasteiger partial charge is 0.370 e. The van der Waals surface area contributed by atoms with Gasteiger partial charge in [0.2, 0.25) is 5.91 Å². The van der Waals surface area contributed by atoms with Gasteiger partial charge in [0.15, 0.2) is 5.96 Å². The molecule has 1 heterocycles. The number of carbonyl (C=O) groups excluding carboxylic acids is 1. The van der Waals surface area contributed by atoms with Crippen LogP contribution in [0.1, 0.15) is 13.3 Å². The Kier molecular flexibility index (Phi) is 3.73. The molecule has 80 valence electrons. The molecule has 0 aromatic heterocycles. The van der Waals surface area contributed by atoms with Gasteiger partial charge in [-0.05, 0) is 6.42 Å². The Morgan fingerprint density at radius 2 is 2.29 bits per heavy atom. The standard InChI is InChI=1S/C9H18N4O/c1-3-4-11-9(10)13-6-5-12(2)8(14)7-13/h3-7H2,1-2H3,(H2,10,11). The molecule has 0 radical (unpaired) electrons. The van der Waals surface area contributed by atoms with Gasteiger partial charge in [0.1, 0.15) is 0 Å². The van der Waals surface area contributed by atoms with Gasteiger partial charge in [0.25, 0.3) is 0 Å². The first-order valence-corrected chi connectivity index (χ1v) is 4.94. The molecule has 0 aromatic carbocycles. The highest BCUT2D eigenvalue weighted by Crippen LogP contribution is 2.00. The fourth-order valence-corrected chi connectivity index (χ4v) is 1.28. The Morgan fingerprint density at radius 3 is 2.86 bits per heavy atom. The van der Waals surface area contributed by atoms with Crippen LogP contribution < -0.4 is 5.73 Å². The number of hydrogen-bond donors (Lipinski definition) is 1. The Balaban J connectivity index is 2.50. The minimum atomic E-state index is 0.103. The molecule has 0 bridgehead atoms. The van der Waals surface area contributed by atoms with Gasteiger partial charge < -0.3 is 15.5 Å². The predicted octanol–water partition coefficient (Wildman–Crippen LogP) is -0.515. The molecule has 5 heteroatoms. The molecule has 1 saturated heterocycles. The summed E-state index contributed by atoms with van der Waals surface area (Å²) in [5.74, 6) is 0.596. The number of nitrogens with zero attached hydrogens (tertiary/aromatic N) is 3. The first-order chi connectivity index (χ1) is 6.65. The Hall–Kier alpha value is -1.26. The summed E-state index contributed by atoms with van der Waals surface area (Å²) in [6.45, 7) is 4.64. The van der Waals surface area contributed by atoms with Gasteiger partial charge >= 0.3 is 0 Å². The second-order valence-electron chi connectivity index (χ2n) is 3.48. The maximum atomic E-state index is 11.4. The molecule has 1 rings (SSSR count). The number of nitrogens with two attached hydrogens (primary N) is 1. The third-order valence-corrected chi connectivity index (χ3v) is 2.28. The van der Waals surface area contributed by atoms with Crippen LogP contribution in [0, 0.1) is 0 Å². The molecule has 0 saturated carbocycles. The minimum Gasteiger partial charge on any atom is -0.370 e. The fraction of sp³-hybridized carbons (Fsp3) is 0.778. The average molecular weight is 198 g/mol. The van der Waals surface area contributed by atoms with Gasteiger partial charge in [0, 0.05) is 26.7 Å². The summed E-state index contributed by atoms with van der Waals surface area (Å²) in [5, 5.41) is 0. The lowest BCUT2D eigenvalue weighted by Crippen LogP contribution is -2.52. The molecule has 0 unspecified atom stereocenters. The summed E-state index contributed by atoms with van der Waals surface area (Å²) in [5.41, 5.74) is 5.75. The van der Waals surface area contributed by atoms with E-state index in [1.807, 2.05) is 11.8 Å². The third kappa shape index (κ3) is 2.61. The monoisotopic (exact) mass is 198 g/mol. The van der Waals surface area contributed by atoms with E-state index in [-0.39, 0.29) is 5.91 Å². The number of likely N-dealkylation sites (N-methyl/N-ethyl adjacent to an activating group) is 1. The summed E-state index contributed by atoms with van der Waals surface area (Å²) in [4.78, 5) is 19.1. The van der Waals surface area contributed by atoms with Crippen LogP contribution in [0.5, 0.6) is 0 Å². The molecule has 14 heavy (non-hydrogen) atoms. The van der Waals surface area contributed by atoms with Crippen LogP contribution in [0.15, 0.2) is 4.99 Å². The van der Waals surface area contributed by atoms with Gasteiger partial charge in [-0.15, -0.1) is 0 Å². The van der Waals surface area contributed by atoms with Crippen molar-refractivity contribution in [2.45, 2.75) is 13.3 Å². The van der Waals surface area contributed by atoms with Crippen molar-refractivity contribution >= 4 is 11.9 Å². The molecular formula is C9H18N4O. The van der Waals surface area contributed by atoms with Crippen molar-refractivity contribution in [1.82, 2.24) is 9.80 Å². The van der Waals surface area contributed by atoms with Crippen LogP contribution in [0.25, 0.3) is 0 Å². The third-order valence-electron chi connectivity index (χ3n) is 2.28. The van der Waals surface area contributed by atoms with E-state index in [9.17, 15) is 4.79 Å². The van der Waals surface area contributed by atoms with Gasteiger partial charge in [0.05, 0.1) is 6.54 Å². The Bertz CT molecular complexity index is 239. The van der Waals surface area contributed by atoms with E-state index in [2.05, 4.69) is 4.99 Å². The second kappa shape index (κ2) is 4.83. The van der Waals surface area contributed by atoms with Crippen LogP contribution in [-0.4, -0.2) is 54.9 Å². The van der Waals surface area contributed by atoms with Crippen molar-refractivity contribution in [1.29, 1.82) is 0 Å². The van der Waals surface area contributed by atoms with Crippen LogP contribution >= 0.6 is 0 Å². The van der Waals surface area contributed by atoms with E-state index >= 15 is 0 Å². The van der Waals surface area contributed by atoms with Crippen LogP contribution in [0.4, 0.5) is 0 Å². The summed E-state index contributed by atoms with van der Waals surface area (Å²) in [7, 11) is 1.80. The van der Waals surface area contributed by atoms with Gasteiger partial charge in [-0.3, -0.25) is 9.79 Å². The molecule has 0 aliphatic carbocycles. The molecule has 0 spiro atoms. The van der Waals surface area contributed by atoms with Gasteiger partial charge in [-0.1, -0.05) is 6.92 Å². The number of guanidine groups is 1. The second-order valence-corrected chi connectivity index (χ2v) is 3.48. The van der Waals surface area contributed by atoms with E-state index < -0.39 is 0 Å². The molecule has 1 fully saturated rings. The zero-order chi connectivity index (χ0) is 10.6. The van der Waals surface area contributed by atoms with Crippen molar-refractivity contribution in [2.75, 3.05) is 33.2 Å². The predicted molar refractivity (Wildman–Crippen MR) is 56.0 cm³/mol. The minimum absolute atomic E-state index is 0.103. The summed E-state index contributed by atoms with van der Waals surface area (Å²) in [6.07, 6.45) is 0.975. The molecule has 5 nitrogen and oxygen atoms in total. The number of hydrogen-bond acceptors (Lipinski definition) is 2. The Morgan fingerprint density at radius 1 is 1.57 bits per heavy atom. The van der Waals surface area contributed by atoms with E-state index in [4.69, 9.17) is 5.73 Å². The van der Waals surface area contributed by atoms with Crippen molar-refractivity contribution < 1.29 is 4.79 Å². The quantitative estimate of drug-likeness (QED) is 0.480. The average Bonchev–Trinajstić information content (AvgIpc) is 2.18. The Labute approximate surface area is 84.6 Å². The molecule has 1 aliphatic heterocycles. The van der Waals surface area contributed by atoms with E-state index in [0.717, 1.165) is 26.1 Å². The maximum absolute atomic E-state index is 11.4. The zero-order valence-electron chi connectivity index (χ0n) is 8.86. The van der Waals surface area contributed by atoms with Crippen molar-refractivity contribution in [2.24, 2.45) is 10.7 Å². The fourth-order valence-electron chi connectivity index (χ4n) is 1.28. The SMILES string of the molecule is CCCN=C(N)N1CCN(C)C(=O)C1. The topological polar surface area (TPSA) is 61.9 Å². The number of amides is 1. The molecular weight excluding hydrogens is 180 g/mol. The normalized spacial score (nSPS) is 19.0. The smallest absolute Gasteiger partial charge is 0.242 e. The van der Waals surface area contributed by atoms with Crippen LogP contribution in [0.2, 0.25) is 0 Å². The van der Waals surface area contributed by atoms with Crippen LogP contribution in [-0.2, 0) is 4.79 Å². The number of carbonyl (C=O) groups is 1. The van der Waals surface area contributed by atoms with E-state index in [0.29, 0.717) is 12.5 Å². The molecule has 2 N–H and O–H groups in total. The molecule has 1 amide bonds. The lowest BCUT2D eigenvalue weighted by Gasteiger charge is -2.32. The summed E-state index contributed by atoms with van der Waals surface area (Å²) >= 11 is 0. The highest BCUT2D eigenvalue weighted by Gasteiger charge is 2.21. The molecule has 0 atom stereocenters. The van der Waals surface area contributed by atoms with Crippen LogP contribution in [0.3, 0.4) is 0 Å². The number of piperazine rings is 1. The first-order valence-electron chi connectivity index (χ1n) is 4.94. The lowest BCUT2D eigenvalue weighted by molar-refractivity contribution is -0.132. The zero-order valence-corrected chi connectivity index (χ0v) is 8.86. The van der Waals surface area contributed by atoms with Gasteiger partial charge in [-0.25, -0.2) is 0 Å². The van der Waals surface area contributed by atoms with Crippen molar-refractivity contribution in [3.05, 3.63) is 0 Å². The highest BCUT2D eigenvalue weighted by molar-refractivity contribution is 5.86. The van der Waals surface area contributed by atoms with E-state index in [1.54, 1.807) is 11.9 Å². The molecule has 1 aliphatic rings. The molecule has 0 aromatic rings. The van der Waals surface area contributed by atoms with Gasteiger partial charge in [-0.2, -0.15) is 0 Å².